The molecule has 2 heterocycles. The molecule has 3 saturated carbocycles. The molecule has 1 saturated heterocycles. The first-order chi connectivity index (χ1) is 29.9. The Labute approximate surface area is 371 Å². The number of ether oxygens (including phenoxy) is 2. The van der Waals surface area contributed by atoms with Gasteiger partial charge in [0.25, 0.3) is 0 Å². The highest BCUT2D eigenvalue weighted by atomic mass is 16.7. The summed E-state index contributed by atoms with van der Waals surface area (Å²) < 4.78 is 25.4. The molecule has 2 aromatic rings. The number of hydrogen-bond acceptors (Lipinski definition) is 12. The van der Waals surface area contributed by atoms with Gasteiger partial charge < -0.3 is 62.2 Å². The van der Waals surface area contributed by atoms with Crippen LogP contribution in [-0.2, 0) is 39.7 Å². The van der Waals surface area contributed by atoms with Crippen LogP contribution in [0.15, 0.2) is 36.4 Å². The Bertz CT molecular complexity index is 2020. The number of nitrogens with two attached hydrogens (primary N) is 3. The third-order valence-electron chi connectivity index (χ3n) is 13.6. The number of unbranched alkanes of at least 4 members (excludes halogenated alkanes) is 1. The highest BCUT2D eigenvalue weighted by molar-refractivity contribution is 6.47. The third kappa shape index (κ3) is 10.1. The minimum absolute atomic E-state index is 0.0625. The van der Waals surface area contributed by atoms with Gasteiger partial charge in [0.1, 0.15) is 48.9 Å². The lowest BCUT2D eigenvalue weighted by molar-refractivity contribution is -0.199. The normalized spacial score (nSPS) is 27.0. The van der Waals surface area contributed by atoms with Gasteiger partial charge >= 0.3 is 7.12 Å². The van der Waals surface area contributed by atoms with E-state index in [-0.39, 0.29) is 44.2 Å². The molecule has 0 aromatic heterocycles. The Morgan fingerprint density at radius 3 is 2.22 bits per heavy atom. The molecule has 6 bridgehead atoms. The smallest absolute Gasteiger partial charge is 0.481 e. The van der Waals surface area contributed by atoms with E-state index in [1.807, 2.05) is 19.1 Å². The van der Waals surface area contributed by atoms with Gasteiger partial charge in [-0.1, -0.05) is 26.0 Å². The highest BCUT2D eigenvalue weighted by Gasteiger charge is 2.68. The second kappa shape index (κ2) is 20.0. The Balaban J connectivity index is 1.37. The maximum absolute atomic E-state index is 14.6. The van der Waals surface area contributed by atoms with Crippen LogP contribution in [0, 0.1) is 17.3 Å². The lowest BCUT2D eigenvalue weighted by Gasteiger charge is -2.64. The van der Waals surface area contributed by atoms with Crippen molar-refractivity contribution in [3.8, 4) is 22.6 Å². The quantitative estimate of drug-likeness (QED) is 0.0936. The van der Waals surface area contributed by atoms with E-state index in [1.54, 1.807) is 24.3 Å². The number of benzene rings is 2. The van der Waals surface area contributed by atoms with Gasteiger partial charge in [0.15, 0.2) is 0 Å². The summed E-state index contributed by atoms with van der Waals surface area (Å²) in [6, 6.07) is 6.03. The molecule has 7 rings (SSSR count). The fourth-order valence-corrected chi connectivity index (χ4v) is 9.96. The maximum Gasteiger partial charge on any atom is 0.481 e. The molecule has 0 unspecified atom stereocenters. The standard InChI is InChI=1S/C45H67BN8O9/c1-25-40(56)53-34(41(57)51-26(2)46-62-38-24-30-23-37(44(30,4)5)45(38,6)63-46)21-28-11-13-35(60-18-16-48)31(20-28)32-22-29(12-14-36(32)61-19-17-49)39(42(58)50-25)54(7)43(59)33(52-27(3)55)10-8-9-15-47/h11-14,20,22,25-26,30,33-34,37-39H,8-10,15-19,21,23-24,47-49H2,1-7H3,(H,50,58)(H,51,57)(H,52,55)(H,53,56)/t25-,26-,30-,33-,34-,37-,38+,39-,45-/m0/s1. The maximum atomic E-state index is 14.6. The number of likely N-dealkylation sites (N-methyl/N-ethyl adjacent to an activating group) is 1. The molecule has 344 valence electrons. The van der Waals surface area contributed by atoms with E-state index in [1.165, 1.54) is 25.8 Å². The van der Waals surface area contributed by atoms with Gasteiger partial charge in [-0.15, -0.1) is 0 Å². The number of amides is 5. The topological polar surface area (TPSA) is 252 Å². The zero-order valence-corrected chi connectivity index (χ0v) is 37.8. The van der Waals surface area contributed by atoms with Gasteiger partial charge in [-0.3, -0.25) is 24.0 Å². The van der Waals surface area contributed by atoms with Crippen LogP contribution in [0.25, 0.3) is 11.1 Å². The van der Waals surface area contributed by atoms with Crippen LogP contribution in [0.1, 0.15) is 90.8 Å². The Kier molecular flexibility index (Phi) is 15.1. The summed E-state index contributed by atoms with van der Waals surface area (Å²) >= 11 is 0. The van der Waals surface area contributed by atoms with Crippen LogP contribution in [0.2, 0.25) is 0 Å². The first-order valence-electron chi connectivity index (χ1n) is 22.3. The van der Waals surface area contributed by atoms with Gasteiger partial charge in [0, 0.05) is 44.6 Å². The minimum atomic E-state index is -1.30. The Morgan fingerprint density at radius 1 is 0.921 bits per heavy atom. The first kappa shape index (κ1) is 47.7. The lowest BCUT2D eigenvalue weighted by atomic mass is 9.43. The van der Waals surface area contributed by atoms with Crippen molar-refractivity contribution in [1.29, 1.82) is 0 Å². The second-order valence-electron chi connectivity index (χ2n) is 18.4. The number of nitrogens with one attached hydrogen (secondary N) is 4. The second-order valence-corrected chi connectivity index (χ2v) is 18.4. The molecule has 63 heavy (non-hydrogen) atoms. The van der Waals surface area contributed by atoms with Crippen molar-refractivity contribution in [1.82, 2.24) is 26.2 Å². The fourth-order valence-electron chi connectivity index (χ4n) is 9.96. The predicted octanol–water partition coefficient (Wildman–Crippen LogP) is 1.48. The average molecular weight is 875 g/mol. The Hall–Kier alpha value is -4.75. The number of nitrogens with zero attached hydrogens (tertiary/aromatic N) is 1. The van der Waals surface area contributed by atoms with Gasteiger partial charge in [-0.05, 0) is 112 Å². The summed E-state index contributed by atoms with van der Waals surface area (Å²) in [7, 11) is 0.782. The average Bonchev–Trinajstić information content (AvgIpc) is 3.61. The highest BCUT2D eigenvalue weighted by Crippen LogP contribution is 2.65. The van der Waals surface area contributed by atoms with E-state index < -0.39 is 72.4 Å². The predicted molar refractivity (Wildman–Crippen MR) is 238 cm³/mol. The number of carbonyl (C=O) groups excluding carboxylic acids is 5. The molecule has 3 aliphatic carbocycles. The zero-order valence-electron chi connectivity index (χ0n) is 37.8. The summed E-state index contributed by atoms with van der Waals surface area (Å²) in [6.07, 6.45) is 3.43. The van der Waals surface area contributed by atoms with Crippen LogP contribution < -0.4 is 47.9 Å². The summed E-state index contributed by atoms with van der Waals surface area (Å²) in [5.41, 5.74) is 19.3. The number of hydrogen-bond donors (Lipinski definition) is 7. The molecule has 2 aromatic carbocycles. The number of fused-ring (bicyclic) bond motifs is 5. The van der Waals surface area contributed by atoms with E-state index >= 15 is 0 Å². The third-order valence-corrected chi connectivity index (χ3v) is 13.6. The van der Waals surface area contributed by atoms with Gasteiger partial charge in [0.05, 0.1) is 17.6 Å². The fraction of sp³-hybridized carbons (Fsp3) is 0.622. The molecule has 4 fully saturated rings. The van der Waals surface area contributed by atoms with Crippen molar-refractivity contribution in [3.63, 3.8) is 0 Å². The molecule has 5 amide bonds. The van der Waals surface area contributed by atoms with E-state index in [0.717, 1.165) is 12.8 Å². The Morgan fingerprint density at radius 2 is 1.59 bits per heavy atom. The molecule has 0 spiro atoms. The monoisotopic (exact) mass is 875 g/mol. The molecule has 2 aliphatic heterocycles. The van der Waals surface area contributed by atoms with Crippen molar-refractivity contribution >= 4 is 36.7 Å². The molecule has 17 nitrogen and oxygen atoms in total. The molecule has 0 radical (unpaired) electrons. The first-order valence-corrected chi connectivity index (χ1v) is 22.3. The molecular formula is C45H67BN8O9. The molecule has 5 aliphatic rings. The van der Waals surface area contributed by atoms with E-state index in [9.17, 15) is 24.0 Å². The van der Waals surface area contributed by atoms with Crippen molar-refractivity contribution < 1.29 is 42.8 Å². The molecular weight excluding hydrogens is 807 g/mol. The van der Waals surface area contributed by atoms with Crippen LogP contribution >= 0.6 is 0 Å². The minimum Gasteiger partial charge on any atom is -0.492 e. The molecule has 18 heteroatoms. The van der Waals surface area contributed by atoms with E-state index in [4.69, 9.17) is 36.0 Å². The van der Waals surface area contributed by atoms with Crippen molar-refractivity contribution in [2.24, 2.45) is 34.5 Å². The van der Waals surface area contributed by atoms with Crippen LogP contribution in [0.3, 0.4) is 0 Å². The largest absolute Gasteiger partial charge is 0.492 e. The van der Waals surface area contributed by atoms with Crippen molar-refractivity contribution in [3.05, 3.63) is 47.5 Å². The molecule has 9 atom stereocenters. The zero-order chi connectivity index (χ0) is 45.8. The van der Waals surface area contributed by atoms with Gasteiger partial charge in [-0.25, -0.2) is 0 Å². The summed E-state index contributed by atoms with van der Waals surface area (Å²) in [5, 5.41) is 11.5. The van der Waals surface area contributed by atoms with E-state index in [0.29, 0.717) is 71.4 Å². The number of carbonyl (C=O) groups is 5. The van der Waals surface area contributed by atoms with Gasteiger partial charge in [-0.2, -0.15) is 0 Å². The van der Waals surface area contributed by atoms with Crippen molar-refractivity contribution in [2.45, 2.75) is 122 Å². The summed E-state index contributed by atoms with van der Waals surface area (Å²) in [5.74, 6) is -1.51. The van der Waals surface area contributed by atoms with E-state index in [2.05, 4.69) is 42.0 Å². The summed E-state index contributed by atoms with van der Waals surface area (Å²) in [4.78, 5) is 70.8. The van der Waals surface area contributed by atoms with Crippen LogP contribution in [0.4, 0.5) is 0 Å². The van der Waals surface area contributed by atoms with Crippen LogP contribution in [-0.4, -0.2) is 117 Å². The molecule has 10 N–H and O–H groups in total. The van der Waals surface area contributed by atoms with Crippen molar-refractivity contribution in [2.75, 3.05) is 39.9 Å². The van der Waals surface area contributed by atoms with Crippen LogP contribution in [0.5, 0.6) is 11.5 Å². The van der Waals surface area contributed by atoms with Gasteiger partial charge in [0.2, 0.25) is 29.5 Å². The lowest BCUT2D eigenvalue weighted by Crippen LogP contribution is -2.65. The number of rotatable bonds is 16. The summed E-state index contributed by atoms with van der Waals surface area (Å²) in [6.45, 7) is 12.6. The SMILES string of the molecule is CC(=O)N[C@@H](CCCCN)C(=O)N(C)[C@@H]1C(=O)N[C@@H](C)C(=O)N[C@H](C(=O)N[C@@H](C)B2O[C@@H]3C[C@@H]4C[C@@H](C4(C)C)[C@]3(C)O2)Cc2ccc(OCCN)c(c2)-c2cc1ccc2OCCN.